The third-order valence-corrected chi connectivity index (χ3v) is 7.13. The molecule has 0 bridgehead atoms. The minimum Gasteiger partial charge on any atom is -0.370 e. The highest BCUT2D eigenvalue weighted by Gasteiger charge is 2.26. The van der Waals surface area contributed by atoms with Crippen LogP contribution < -0.4 is 15.8 Å². The summed E-state index contributed by atoms with van der Waals surface area (Å²) in [5.41, 5.74) is 3.62. The van der Waals surface area contributed by atoms with E-state index >= 15 is 0 Å². The van der Waals surface area contributed by atoms with E-state index in [0.717, 1.165) is 68.3 Å². The number of likely N-dealkylation sites (tertiary alicyclic amines) is 1. The van der Waals surface area contributed by atoms with Crippen LogP contribution in [0.2, 0.25) is 0 Å². The zero-order valence-electron chi connectivity index (χ0n) is 19.3. The summed E-state index contributed by atoms with van der Waals surface area (Å²) in [6, 6.07) is 7.91. The van der Waals surface area contributed by atoms with Crippen molar-refractivity contribution in [2.75, 3.05) is 44.7 Å². The molecule has 2 saturated heterocycles. The summed E-state index contributed by atoms with van der Waals surface area (Å²) < 4.78 is 0. The Bertz CT molecular complexity index is 955. The lowest BCUT2D eigenvalue weighted by atomic mass is 9.90. The van der Waals surface area contributed by atoms with Crippen LogP contribution in [0.4, 0.5) is 5.69 Å². The molecule has 0 atom stereocenters. The number of nitrogens with zero attached hydrogens (tertiary/aromatic N) is 3. The molecule has 4 heterocycles. The molecular weight excluding hydrogens is 402 g/mol. The van der Waals surface area contributed by atoms with Crippen LogP contribution in [0.15, 0.2) is 35.3 Å². The van der Waals surface area contributed by atoms with E-state index in [-0.39, 0.29) is 11.5 Å². The Morgan fingerprint density at radius 2 is 1.84 bits per heavy atom. The average molecular weight is 438 g/mol. The molecule has 0 radical (unpaired) electrons. The van der Waals surface area contributed by atoms with E-state index in [4.69, 9.17) is 0 Å². The molecule has 2 aromatic heterocycles. The van der Waals surface area contributed by atoms with Gasteiger partial charge in [-0.05, 0) is 69.3 Å². The maximum Gasteiger partial charge on any atom is 0.269 e. The minimum absolute atomic E-state index is 0.0812. The number of rotatable bonds is 6. The molecule has 2 aliphatic rings. The highest BCUT2D eigenvalue weighted by Crippen LogP contribution is 2.29. The number of anilines is 1. The summed E-state index contributed by atoms with van der Waals surface area (Å²) in [5, 5.41) is 2.61. The van der Waals surface area contributed by atoms with Gasteiger partial charge in [-0.2, -0.15) is 0 Å². The lowest BCUT2D eigenvalue weighted by molar-refractivity contribution is 0.0958. The van der Waals surface area contributed by atoms with Crippen molar-refractivity contribution < 1.29 is 4.79 Å². The lowest BCUT2D eigenvalue weighted by Gasteiger charge is -2.38. The molecule has 172 valence electrons. The van der Waals surface area contributed by atoms with Crippen molar-refractivity contribution in [3.05, 3.63) is 57.8 Å². The Kier molecular flexibility index (Phi) is 7.25. The molecular formula is C25H35N5O2. The number of piperidine rings is 2. The number of hydrogen-bond acceptors (Lipinski definition) is 5. The Balaban J connectivity index is 1.23. The zero-order valence-corrected chi connectivity index (χ0v) is 19.3. The van der Waals surface area contributed by atoms with Gasteiger partial charge in [-0.3, -0.25) is 9.59 Å². The molecule has 0 unspecified atom stereocenters. The first-order chi connectivity index (χ1) is 15.6. The van der Waals surface area contributed by atoms with Gasteiger partial charge >= 0.3 is 0 Å². The quantitative estimate of drug-likeness (QED) is 0.726. The fraction of sp³-hybridized carbons (Fsp3) is 0.560. The molecule has 2 N–H and O–H groups in total. The van der Waals surface area contributed by atoms with Crippen LogP contribution in [0, 0.1) is 5.92 Å². The first-order valence-electron chi connectivity index (χ1n) is 11.9. The molecule has 0 saturated carbocycles. The lowest BCUT2D eigenvalue weighted by Crippen LogP contribution is -2.41. The third-order valence-electron chi connectivity index (χ3n) is 7.13. The number of carbonyl (C=O) groups is 1. The molecule has 7 nitrogen and oxygen atoms in total. The molecule has 2 fully saturated rings. The van der Waals surface area contributed by atoms with Crippen LogP contribution >= 0.6 is 0 Å². The summed E-state index contributed by atoms with van der Waals surface area (Å²) in [6.45, 7) is 7.47. The SMILES string of the molecule is CCc1ccc(C2CCN(CC3CCN(c4ccc(C(=O)NC)nc4)CC3)CC2)[nH]c1=O. The van der Waals surface area contributed by atoms with Crippen LogP contribution in [-0.2, 0) is 6.42 Å². The van der Waals surface area contributed by atoms with Gasteiger partial charge in [-0.25, -0.2) is 4.98 Å². The largest absolute Gasteiger partial charge is 0.370 e. The number of aryl methyl sites for hydroxylation is 1. The van der Waals surface area contributed by atoms with Crippen LogP contribution in [0.3, 0.4) is 0 Å². The monoisotopic (exact) mass is 437 g/mol. The maximum absolute atomic E-state index is 12.1. The minimum atomic E-state index is -0.150. The number of pyridine rings is 2. The van der Waals surface area contributed by atoms with Gasteiger partial charge in [-0.1, -0.05) is 13.0 Å². The number of H-pyrrole nitrogens is 1. The summed E-state index contributed by atoms with van der Waals surface area (Å²) in [5.74, 6) is 1.05. The second-order valence-corrected chi connectivity index (χ2v) is 9.11. The van der Waals surface area contributed by atoms with Crippen molar-refractivity contribution >= 4 is 11.6 Å². The number of carbonyl (C=O) groups excluding carboxylic acids is 1. The number of aromatic amines is 1. The molecule has 2 aliphatic heterocycles. The zero-order chi connectivity index (χ0) is 22.5. The topological polar surface area (TPSA) is 81.3 Å². The Morgan fingerprint density at radius 1 is 1.09 bits per heavy atom. The van der Waals surface area contributed by atoms with E-state index in [1.54, 1.807) is 13.1 Å². The van der Waals surface area contributed by atoms with Gasteiger partial charge in [0.05, 0.1) is 11.9 Å². The van der Waals surface area contributed by atoms with Crippen molar-refractivity contribution in [3.8, 4) is 0 Å². The van der Waals surface area contributed by atoms with E-state index in [1.807, 2.05) is 25.3 Å². The van der Waals surface area contributed by atoms with Gasteiger partial charge in [0.1, 0.15) is 5.69 Å². The Labute approximate surface area is 190 Å². The predicted octanol–water partition coefficient (Wildman–Crippen LogP) is 2.79. The third kappa shape index (κ3) is 5.21. The van der Waals surface area contributed by atoms with E-state index < -0.39 is 0 Å². The fourth-order valence-electron chi connectivity index (χ4n) is 5.04. The Morgan fingerprint density at radius 3 is 2.44 bits per heavy atom. The van der Waals surface area contributed by atoms with Crippen LogP contribution in [-0.4, -0.2) is 60.5 Å². The van der Waals surface area contributed by atoms with Crippen molar-refractivity contribution in [1.82, 2.24) is 20.2 Å². The van der Waals surface area contributed by atoms with Gasteiger partial charge in [0.25, 0.3) is 11.5 Å². The number of hydrogen-bond donors (Lipinski definition) is 2. The second kappa shape index (κ2) is 10.3. The van der Waals surface area contributed by atoms with E-state index in [0.29, 0.717) is 11.6 Å². The molecule has 0 aliphatic carbocycles. The molecule has 32 heavy (non-hydrogen) atoms. The highest BCUT2D eigenvalue weighted by atomic mass is 16.1. The molecule has 4 rings (SSSR count). The normalized spacial score (nSPS) is 18.6. The van der Waals surface area contributed by atoms with Gasteiger partial charge in [0, 0.05) is 43.9 Å². The first kappa shape index (κ1) is 22.5. The second-order valence-electron chi connectivity index (χ2n) is 9.11. The van der Waals surface area contributed by atoms with Gasteiger partial charge in [0.15, 0.2) is 0 Å². The molecule has 2 aromatic rings. The smallest absolute Gasteiger partial charge is 0.269 e. The summed E-state index contributed by atoms with van der Waals surface area (Å²) >= 11 is 0. The molecule has 1 amide bonds. The van der Waals surface area contributed by atoms with E-state index in [9.17, 15) is 9.59 Å². The summed E-state index contributed by atoms with van der Waals surface area (Å²) in [7, 11) is 1.62. The average Bonchev–Trinajstić information content (AvgIpc) is 2.84. The van der Waals surface area contributed by atoms with Crippen molar-refractivity contribution in [2.24, 2.45) is 5.92 Å². The molecule has 7 heteroatoms. The van der Waals surface area contributed by atoms with E-state index in [1.165, 1.54) is 19.4 Å². The predicted molar refractivity (Wildman–Crippen MR) is 127 cm³/mol. The van der Waals surface area contributed by atoms with Crippen LogP contribution in [0.5, 0.6) is 0 Å². The van der Waals surface area contributed by atoms with Crippen LogP contribution in [0.25, 0.3) is 0 Å². The van der Waals surface area contributed by atoms with Crippen LogP contribution in [0.1, 0.15) is 60.3 Å². The highest BCUT2D eigenvalue weighted by molar-refractivity contribution is 5.92. The van der Waals surface area contributed by atoms with Gasteiger partial charge < -0.3 is 20.1 Å². The van der Waals surface area contributed by atoms with Gasteiger partial charge in [0.2, 0.25) is 0 Å². The Hall–Kier alpha value is -2.67. The first-order valence-corrected chi connectivity index (χ1v) is 11.9. The number of nitrogens with one attached hydrogen (secondary N) is 2. The summed E-state index contributed by atoms with van der Waals surface area (Å²) in [4.78, 5) is 36.2. The fourth-order valence-corrected chi connectivity index (χ4v) is 5.04. The molecule has 0 spiro atoms. The van der Waals surface area contributed by atoms with Gasteiger partial charge in [-0.15, -0.1) is 0 Å². The maximum atomic E-state index is 12.1. The standard InChI is InChI=1S/C25H35N5O2/c1-3-19-4-6-22(28-24(19)31)20-10-12-29(13-11-20)17-18-8-14-30(15-9-18)21-5-7-23(27-16-21)25(32)26-2/h4-7,16,18,20H,3,8-15,17H2,1-2H3,(H,26,32)(H,28,31). The van der Waals surface area contributed by atoms with Crippen molar-refractivity contribution in [3.63, 3.8) is 0 Å². The van der Waals surface area contributed by atoms with Crippen molar-refractivity contribution in [1.29, 1.82) is 0 Å². The number of amides is 1. The molecule has 0 aromatic carbocycles. The van der Waals surface area contributed by atoms with Crippen molar-refractivity contribution in [2.45, 2.75) is 44.9 Å². The number of aromatic nitrogens is 2. The summed E-state index contributed by atoms with van der Waals surface area (Å²) in [6.07, 6.45) is 7.19. The van der Waals surface area contributed by atoms with E-state index in [2.05, 4.69) is 31.2 Å².